The van der Waals surface area contributed by atoms with E-state index >= 15 is 0 Å². The van der Waals surface area contributed by atoms with E-state index < -0.39 is 6.10 Å². The van der Waals surface area contributed by atoms with E-state index in [1.165, 1.54) is 0 Å². The van der Waals surface area contributed by atoms with Crippen molar-refractivity contribution in [1.82, 2.24) is 14.8 Å². The first-order valence-electron chi connectivity index (χ1n) is 7.53. The lowest BCUT2D eigenvalue weighted by molar-refractivity contribution is 0.0910. The van der Waals surface area contributed by atoms with Crippen molar-refractivity contribution in [2.45, 2.75) is 26.5 Å². The molecule has 0 amide bonds. The number of aromatic nitrogens is 1. The van der Waals surface area contributed by atoms with Crippen LogP contribution in [0.2, 0.25) is 0 Å². The van der Waals surface area contributed by atoms with Crippen LogP contribution >= 0.6 is 0 Å². The quantitative estimate of drug-likeness (QED) is 0.617. The number of piperazine rings is 1. The minimum Gasteiger partial charge on any atom is -0.390 e. The van der Waals surface area contributed by atoms with E-state index in [4.69, 9.17) is 5.73 Å². The smallest absolute Gasteiger partial charge is 0.178 e. The Hall–Kier alpha value is -1.21. The lowest BCUT2D eigenvalue weighted by Gasteiger charge is -2.29. The van der Waals surface area contributed by atoms with Gasteiger partial charge < -0.3 is 20.7 Å². The van der Waals surface area contributed by atoms with Crippen LogP contribution in [0.15, 0.2) is 6.20 Å². The lowest BCUT2D eigenvalue weighted by atomic mass is 10.1. The second-order valence-electron chi connectivity index (χ2n) is 5.76. The number of nitrogens with one attached hydrogen (secondary N) is 1. The van der Waals surface area contributed by atoms with Gasteiger partial charge in [-0.3, -0.25) is 9.69 Å². The summed E-state index contributed by atoms with van der Waals surface area (Å²) in [7, 11) is 0. The second kappa shape index (κ2) is 7.17. The summed E-state index contributed by atoms with van der Waals surface area (Å²) < 4.78 is 1.96. The number of carbonyl (C=O) groups is 1. The van der Waals surface area contributed by atoms with Crippen LogP contribution in [0.4, 0.5) is 0 Å². The summed E-state index contributed by atoms with van der Waals surface area (Å²) in [6, 6.07) is 0. The fourth-order valence-electron chi connectivity index (χ4n) is 3.01. The number of aliphatic hydroxyl groups excluding tert-OH is 1. The Bertz CT molecular complexity index is 492. The van der Waals surface area contributed by atoms with E-state index in [9.17, 15) is 9.90 Å². The molecule has 1 aromatic rings. The fourth-order valence-corrected chi connectivity index (χ4v) is 3.01. The third-order valence-corrected chi connectivity index (χ3v) is 4.09. The van der Waals surface area contributed by atoms with Gasteiger partial charge in [0.1, 0.15) is 0 Å². The van der Waals surface area contributed by atoms with Crippen LogP contribution in [0.3, 0.4) is 0 Å². The van der Waals surface area contributed by atoms with Crippen LogP contribution in [0, 0.1) is 13.8 Å². The molecular weight excluding hydrogens is 268 g/mol. The zero-order valence-electron chi connectivity index (χ0n) is 12.9. The first-order valence-corrected chi connectivity index (χ1v) is 7.53. The van der Waals surface area contributed by atoms with Crippen molar-refractivity contribution in [1.29, 1.82) is 0 Å². The zero-order chi connectivity index (χ0) is 15.4. The minimum atomic E-state index is -0.436. The van der Waals surface area contributed by atoms with Crippen molar-refractivity contribution in [3.63, 3.8) is 0 Å². The standard InChI is InChI=1S/C15H26N4O2/c1-11-8-19(12(2)15(11)14(21)7-16)10-13(20)9-18-5-3-17-4-6-18/h8,13,17,20H,3-7,9-10,16H2,1-2H3. The van der Waals surface area contributed by atoms with Gasteiger partial charge in [0.25, 0.3) is 0 Å². The van der Waals surface area contributed by atoms with E-state index in [2.05, 4.69) is 10.2 Å². The van der Waals surface area contributed by atoms with Gasteiger partial charge in [-0.05, 0) is 19.4 Å². The van der Waals surface area contributed by atoms with Crippen molar-refractivity contribution in [2.24, 2.45) is 5.73 Å². The predicted octanol–water partition coefficient (Wildman–Crippen LogP) is -0.488. The van der Waals surface area contributed by atoms with Crippen molar-refractivity contribution < 1.29 is 9.90 Å². The molecule has 0 radical (unpaired) electrons. The SMILES string of the molecule is Cc1cn(CC(O)CN2CCNCC2)c(C)c1C(=O)CN. The largest absolute Gasteiger partial charge is 0.390 e. The molecule has 6 nitrogen and oxygen atoms in total. The maximum atomic E-state index is 11.9. The van der Waals surface area contributed by atoms with Crippen LogP contribution in [0.25, 0.3) is 0 Å². The van der Waals surface area contributed by atoms with E-state index in [0.717, 1.165) is 37.4 Å². The average Bonchev–Trinajstić information content (AvgIpc) is 2.73. The number of β-amino-alcohol motifs (C(OH)–C–C–N with tert-alkyl or cyclic N) is 1. The van der Waals surface area contributed by atoms with Gasteiger partial charge in [0.05, 0.1) is 12.6 Å². The highest BCUT2D eigenvalue weighted by Gasteiger charge is 2.19. The van der Waals surface area contributed by atoms with Crippen LogP contribution in [-0.4, -0.2) is 65.7 Å². The molecule has 1 aliphatic rings. The number of hydrogen-bond acceptors (Lipinski definition) is 5. The van der Waals surface area contributed by atoms with Crippen molar-refractivity contribution >= 4 is 5.78 Å². The van der Waals surface area contributed by atoms with E-state index in [1.807, 2.05) is 24.6 Å². The molecule has 1 aromatic heterocycles. The van der Waals surface area contributed by atoms with E-state index in [1.54, 1.807) is 0 Å². The maximum Gasteiger partial charge on any atom is 0.178 e. The molecule has 1 saturated heterocycles. The monoisotopic (exact) mass is 294 g/mol. The summed E-state index contributed by atoms with van der Waals surface area (Å²) in [5, 5.41) is 13.6. The first kappa shape index (κ1) is 16.2. The van der Waals surface area contributed by atoms with Crippen molar-refractivity contribution in [3.05, 3.63) is 23.0 Å². The van der Waals surface area contributed by atoms with E-state index in [-0.39, 0.29) is 12.3 Å². The Kier molecular flexibility index (Phi) is 5.52. The fraction of sp³-hybridized carbons (Fsp3) is 0.667. The Morgan fingerprint density at radius 1 is 1.38 bits per heavy atom. The molecule has 2 rings (SSSR count). The number of nitrogens with two attached hydrogens (primary N) is 1. The van der Waals surface area contributed by atoms with Crippen LogP contribution < -0.4 is 11.1 Å². The number of ketones is 1. The number of aryl methyl sites for hydroxylation is 1. The molecule has 0 aromatic carbocycles. The lowest BCUT2D eigenvalue weighted by Crippen LogP contribution is -2.46. The summed E-state index contributed by atoms with van der Waals surface area (Å²) in [4.78, 5) is 14.1. The summed E-state index contributed by atoms with van der Waals surface area (Å²) in [5.41, 5.74) is 7.98. The highest BCUT2D eigenvalue weighted by Crippen LogP contribution is 2.17. The molecule has 0 saturated carbocycles. The number of rotatable bonds is 6. The molecule has 0 aliphatic carbocycles. The molecule has 0 bridgehead atoms. The summed E-state index contributed by atoms with van der Waals surface area (Å²) in [6.07, 6.45) is 1.49. The van der Waals surface area contributed by atoms with Gasteiger partial charge in [0, 0.05) is 56.7 Å². The maximum absolute atomic E-state index is 11.9. The first-order chi connectivity index (χ1) is 10.0. The van der Waals surface area contributed by atoms with Crippen LogP contribution in [-0.2, 0) is 6.54 Å². The Morgan fingerprint density at radius 2 is 2.05 bits per heavy atom. The van der Waals surface area contributed by atoms with Gasteiger partial charge in [-0.25, -0.2) is 0 Å². The average molecular weight is 294 g/mol. The number of carbonyl (C=O) groups excluding carboxylic acids is 1. The zero-order valence-corrected chi connectivity index (χ0v) is 12.9. The van der Waals surface area contributed by atoms with Gasteiger partial charge in [0.2, 0.25) is 0 Å². The number of hydrogen-bond donors (Lipinski definition) is 3. The van der Waals surface area contributed by atoms with Gasteiger partial charge >= 0.3 is 0 Å². The number of aliphatic hydroxyl groups is 1. The Morgan fingerprint density at radius 3 is 2.67 bits per heavy atom. The molecule has 21 heavy (non-hydrogen) atoms. The number of Topliss-reactive ketones (excluding diaryl/α,β-unsaturated/α-hetero) is 1. The molecule has 6 heteroatoms. The van der Waals surface area contributed by atoms with E-state index in [0.29, 0.717) is 18.7 Å². The van der Waals surface area contributed by atoms with Gasteiger partial charge in [-0.1, -0.05) is 0 Å². The predicted molar refractivity (Wildman–Crippen MR) is 82.6 cm³/mol. The van der Waals surface area contributed by atoms with Gasteiger partial charge in [0.15, 0.2) is 5.78 Å². The van der Waals surface area contributed by atoms with Crippen LogP contribution in [0.5, 0.6) is 0 Å². The molecule has 1 aliphatic heterocycles. The van der Waals surface area contributed by atoms with Gasteiger partial charge in [-0.15, -0.1) is 0 Å². The van der Waals surface area contributed by atoms with Crippen LogP contribution in [0.1, 0.15) is 21.6 Å². The Labute approximate surface area is 125 Å². The highest BCUT2D eigenvalue weighted by molar-refractivity contribution is 5.99. The summed E-state index contributed by atoms with van der Waals surface area (Å²) in [5.74, 6) is -0.0413. The third kappa shape index (κ3) is 3.91. The summed E-state index contributed by atoms with van der Waals surface area (Å²) >= 11 is 0. The second-order valence-corrected chi connectivity index (χ2v) is 5.76. The molecule has 0 spiro atoms. The van der Waals surface area contributed by atoms with Gasteiger partial charge in [-0.2, -0.15) is 0 Å². The summed E-state index contributed by atoms with van der Waals surface area (Å²) in [6.45, 7) is 8.91. The number of nitrogens with zero attached hydrogens (tertiary/aromatic N) is 2. The molecule has 4 N–H and O–H groups in total. The molecule has 1 fully saturated rings. The molecule has 1 atom stereocenters. The highest BCUT2D eigenvalue weighted by atomic mass is 16.3. The molecular formula is C15H26N4O2. The molecule has 1 unspecified atom stereocenters. The molecule has 118 valence electrons. The normalized spacial score (nSPS) is 17.9. The topological polar surface area (TPSA) is 83.5 Å². The van der Waals surface area contributed by atoms with Crippen molar-refractivity contribution in [3.8, 4) is 0 Å². The minimum absolute atomic E-state index is 0.0228. The Balaban J connectivity index is 2.00. The molecule has 2 heterocycles. The van der Waals surface area contributed by atoms with Crippen molar-refractivity contribution in [2.75, 3.05) is 39.3 Å². The third-order valence-electron chi connectivity index (χ3n) is 4.09.